The smallest absolute Gasteiger partial charge is 0.335 e. The maximum atomic E-state index is 11.3. The molecule has 0 fully saturated rings. The van der Waals surface area contributed by atoms with E-state index in [4.69, 9.17) is 4.89 Å². The molecule has 3 unspecified atom stereocenters. The van der Waals surface area contributed by atoms with Crippen LogP contribution in [-0.4, -0.2) is 38.7 Å². The first-order valence-corrected chi connectivity index (χ1v) is 9.50. The molecule has 6 nitrogen and oxygen atoms in total. The van der Waals surface area contributed by atoms with Crippen LogP contribution < -0.4 is 0 Å². The highest BCUT2D eigenvalue weighted by atomic mass is 79.9. The summed E-state index contributed by atoms with van der Waals surface area (Å²) in [4.78, 5) is 18.0. The van der Waals surface area contributed by atoms with E-state index >= 15 is 0 Å². The predicted octanol–water partition coefficient (Wildman–Crippen LogP) is 1.93. The minimum atomic E-state index is -4.05. The first kappa shape index (κ1) is 16.8. The molecular weight excluding hydrogens is 322 g/mol. The molecule has 9 heteroatoms. The summed E-state index contributed by atoms with van der Waals surface area (Å²) in [5, 5.41) is 9.94. The van der Waals surface area contributed by atoms with Gasteiger partial charge in [0.05, 0.1) is 11.8 Å². The molecule has 0 heterocycles. The summed E-state index contributed by atoms with van der Waals surface area (Å²) >= 11 is 3.10. The second-order valence-electron chi connectivity index (χ2n) is 3.98. The van der Waals surface area contributed by atoms with Gasteiger partial charge in [0.1, 0.15) is 0 Å². The van der Waals surface area contributed by atoms with Gasteiger partial charge in [-0.15, -0.1) is 0 Å². The third-order valence-corrected chi connectivity index (χ3v) is 6.05. The van der Waals surface area contributed by atoms with Gasteiger partial charge in [0.2, 0.25) is 0 Å². The van der Waals surface area contributed by atoms with Crippen molar-refractivity contribution in [2.45, 2.75) is 25.4 Å². The first-order chi connectivity index (χ1) is 6.97. The van der Waals surface area contributed by atoms with Crippen LogP contribution in [-0.2, 0) is 13.4 Å². The molecular formula is C7H17BrO6P2. The van der Waals surface area contributed by atoms with Crippen LogP contribution in [0, 0.1) is 0 Å². The highest BCUT2D eigenvalue weighted by Crippen LogP contribution is 2.57. The number of hydrogen-bond donors (Lipinski definition) is 3. The fourth-order valence-electron chi connectivity index (χ4n) is 1.00. The van der Waals surface area contributed by atoms with Gasteiger partial charge < -0.3 is 14.9 Å². The monoisotopic (exact) mass is 338 g/mol. The Labute approximate surface area is 103 Å². The quantitative estimate of drug-likeness (QED) is 0.484. The van der Waals surface area contributed by atoms with E-state index < -0.39 is 20.8 Å². The van der Waals surface area contributed by atoms with E-state index in [9.17, 15) is 19.1 Å². The molecule has 0 spiro atoms. The molecule has 0 aromatic heterocycles. The highest BCUT2D eigenvalue weighted by molar-refractivity contribution is 9.09. The van der Waals surface area contributed by atoms with Gasteiger partial charge in [-0.2, -0.15) is 0 Å². The zero-order valence-corrected chi connectivity index (χ0v) is 12.5. The van der Waals surface area contributed by atoms with Crippen molar-refractivity contribution < 1.29 is 28.3 Å². The first-order valence-electron chi connectivity index (χ1n) is 4.59. The molecule has 0 amide bonds. The van der Waals surface area contributed by atoms with E-state index in [0.29, 0.717) is 11.8 Å². The third kappa shape index (κ3) is 8.88. The maximum absolute atomic E-state index is 11.3. The lowest BCUT2D eigenvalue weighted by Crippen LogP contribution is -2.26. The number of alkyl halides is 1. The Morgan fingerprint density at radius 3 is 2.25 bits per heavy atom. The van der Waals surface area contributed by atoms with Gasteiger partial charge in [0.25, 0.3) is 0 Å². The van der Waals surface area contributed by atoms with Gasteiger partial charge in [0, 0.05) is 12.0 Å². The number of rotatable bonds is 7. The number of hydrogen-bond acceptors (Lipinski definition) is 4. The molecule has 0 aliphatic carbocycles. The summed E-state index contributed by atoms with van der Waals surface area (Å²) in [6.07, 6.45) is 0.270. The van der Waals surface area contributed by atoms with Crippen LogP contribution >= 0.6 is 31.1 Å². The second kappa shape index (κ2) is 6.10. The maximum Gasteiger partial charge on any atom is 0.335 e. The lowest BCUT2D eigenvalue weighted by molar-refractivity contribution is 0.0765. The lowest BCUT2D eigenvalue weighted by atomic mass is 10.0. The van der Waals surface area contributed by atoms with Crippen molar-refractivity contribution in [3.8, 4) is 0 Å². The summed E-state index contributed by atoms with van der Waals surface area (Å²) in [6, 6.07) is 0. The average Bonchev–Trinajstić information content (AvgIpc) is 1.98. The molecule has 0 aromatic rings. The zero-order valence-electron chi connectivity index (χ0n) is 9.17. The van der Waals surface area contributed by atoms with Gasteiger partial charge in [-0.05, 0) is 19.8 Å². The summed E-state index contributed by atoms with van der Waals surface area (Å²) in [6.45, 7) is 2.44. The van der Waals surface area contributed by atoms with Gasteiger partial charge >= 0.3 is 15.2 Å². The molecule has 0 radical (unpaired) electrons. The van der Waals surface area contributed by atoms with Crippen LogP contribution in [0.2, 0.25) is 0 Å². The Morgan fingerprint density at radius 1 is 1.38 bits per heavy atom. The third-order valence-electron chi connectivity index (χ3n) is 1.72. The van der Waals surface area contributed by atoms with Crippen LogP contribution in [0.3, 0.4) is 0 Å². The molecule has 3 N–H and O–H groups in total. The van der Waals surface area contributed by atoms with Crippen molar-refractivity contribution in [2.24, 2.45) is 0 Å². The Kier molecular flexibility index (Phi) is 6.39. The molecule has 16 heavy (non-hydrogen) atoms. The molecule has 0 aliphatic rings. The summed E-state index contributed by atoms with van der Waals surface area (Å²) in [7, 11) is -8.01. The summed E-state index contributed by atoms with van der Waals surface area (Å²) in [5.41, 5.74) is -0.963. The van der Waals surface area contributed by atoms with E-state index in [0.717, 1.165) is 6.66 Å². The minimum Gasteiger partial charge on any atom is -0.389 e. The van der Waals surface area contributed by atoms with E-state index in [1.165, 1.54) is 0 Å². The molecule has 0 saturated carbocycles. The van der Waals surface area contributed by atoms with Crippen LogP contribution in [0.4, 0.5) is 0 Å². The topological polar surface area (TPSA) is 104 Å². The standard InChI is InChI=1S/C7H17BrO6P2/c1-7(9,6-8)4-3-5-16(12,13)14-15(2,10)11/h9H,3-6H2,1-2H3,(H,10,11)(H,12,13). The van der Waals surface area contributed by atoms with Crippen molar-refractivity contribution in [3.05, 3.63) is 0 Å². The Balaban J connectivity index is 4.11. The van der Waals surface area contributed by atoms with Gasteiger partial charge in [-0.25, -0.2) is 4.31 Å². The molecule has 0 rings (SSSR count). The van der Waals surface area contributed by atoms with Crippen LogP contribution in [0.1, 0.15) is 19.8 Å². The van der Waals surface area contributed by atoms with E-state index in [1.54, 1.807) is 6.92 Å². The molecule has 98 valence electrons. The molecule has 3 atom stereocenters. The van der Waals surface area contributed by atoms with Gasteiger partial charge in [0.15, 0.2) is 0 Å². The Morgan fingerprint density at radius 2 is 1.88 bits per heavy atom. The second-order valence-corrected chi connectivity index (χ2v) is 8.52. The summed E-state index contributed by atoms with van der Waals surface area (Å²) < 4.78 is 26.3. The van der Waals surface area contributed by atoms with Crippen molar-refractivity contribution in [1.29, 1.82) is 0 Å². The predicted molar refractivity (Wildman–Crippen MR) is 65.2 cm³/mol. The summed E-state index contributed by atoms with van der Waals surface area (Å²) in [5.74, 6) is 0. The van der Waals surface area contributed by atoms with E-state index in [-0.39, 0.29) is 12.6 Å². The normalized spacial score (nSPS) is 23.1. The lowest BCUT2D eigenvalue weighted by Gasteiger charge is -2.20. The van der Waals surface area contributed by atoms with Crippen LogP contribution in [0.5, 0.6) is 0 Å². The fraction of sp³-hybridized carbons (Fsp3) is 1.00. The van der Waals surface area contributed by atoms with Crippen molar-refractivity contribution in [3.63, 3.8) is 0 Å². The van der Waals surface area contributed by atoms with Gasteiger partial charge in [-0.3, -0.25) is 9.13 Å². The van der Waals surface area contributed by atoms with E-state index in [2.05, 4.69) is 20.2 Å². The minimum absolute atomic E-state index is 0.229. The Hall–Kier alpha value is 0.780. The van der Waals surface area contributed by atoms with Crippen LogP contribution in [0.15, 0.2) is 0 Å². The van der Waals surface area contributed by atoms with Crippen molar-refractivity contribution >= 4 is 31.1 Å². The highest BCUT2D eigenvalue weighted by Gasteiger charge is 2.29. The van der Waals surface area contributed by atoms with Crippen LogP contribution in [0.25, 0.3) is 0 Å². The number of aliphatic hydroxyl groups is 1. The van der Waals surface area contributed by atoms with E-state index in [1.807, 2.05) is 0 Å². The average molecular weight is 339 g/mol. The van der Waals surface area contributed by atoms with Crippen molar-refractivity contribution in [2.75, 3.05) is 18.2 Å². The fourth-order valence-corrected chi connectivity index (χ4v) is 4.06. The Bertz CT molecular complexity index is 312. The molecule has 0 saturated heterocycles. The molecule has 0 aromatic carbocycles. The zero-order chi connectivity index (χ0) is 13.0. The molecule has 0 bridgehead atoms. The van der Waals surface area contributed by atoms with Gasteiger partial charge in [-0.1, -0.05) is 15.9 Å². The number of halogens is 1. The molecule has 0 aliphatic heterocycles. The SMILES string of the molecule is CC(O)(CBr)CCCP(=O)(O)OP(C)(=O)O. The largest absolute Gasteiger partial charge is 0.389 e. The van der Waals surface area contributed by atoms with Crippen molar-refractivity contribution in [1.82, 2.24) is 0 Å².